The third-order valence-electron chi connectivity index (χ3n) is 3.15. The number of nitriles is 1. The Morgan fingerprint density at radius 3 is 2.67 bits per heavy atom. The van der Waals surface area contributed by atoms with Gasteiger partial charge in [0.25, 0.3) is 0 Å². The lowest BCUT2D eigenvalue weighted by atomic mass is 10.1. The molecule has 2 aromatic rings. The summed E-state index contributed by atoms with van der Waals surface area (Å²) in [5, 5.41) is 12.6. The molecule has 108 valence electrons. The van der Waals surface area contributed by atoms with Gasteiger partial charge in [-0.2, -0.15) is 5.26 Å². The van der Waals surface area contributed by atoms with Gasteiger partial charge in [0.15, 0.2) is 11.6 Å². The fourth-order valence-electron chi connectivity index (χ4n) is 1.99. The van der Waals surface area contributed by atoms with Gasteiger partial charge >= 0.3 is 0 Å². The van der Waals surface area contributed by atoms with Crippen molar-refractivity contribution in [3.63, 3.8) is 0 Å². The van der Waals surface area contributed by atoms with Gasteiger partial charge in [-0.25, -0.2) is 4.39 Å². The van der Waals surface area contributed by atoms with E-state index in [1.165, 1.54) is 13.2 Å². The van der Waals surface area contributed by atoms with Crippen molar-refractivity contribution in [1.29, 1.82) is 5.26 Å². The van der Waals surface area contributed by atoms with E-state index in [2.05, 4.69) is 5.32 Å². The average Bonchev–Trinajstić information content (AvgIpc) is 2.49. The van der Waals surface area contributed by atoms with Crippen molar-refractivity contribution in [2.75, 3.05) is 12.4 Å². The Balaban J connectivity index is 2.20. The molecule has 0 spiro atoms. The second-order valence-electron chi connectivity index (χ2n) is 4.57. The van der Waals surface area contributed by atoms with E-state index in [9.17, 15) is 4.39 Å². The van der Waals surface area contributed by atoms with Crippen LogP contribution in [0, 0.1) is 17.1 Å². The largest absolute Gasteiger partial charge is 0.494 e. The first-order chi connectivity index (χ1) is 10.0. The molecule has 0 aliphatic heterocycles. The molecule has 1 N–H and O–H groups in total. The van der Waals surface area contributed by atoms with Crippen LogP contribution in [-0.2, 0) is 0 Å². The highest BCUT2D eigenvalue weighted by atomic mass is 35.5. The summed E-state index contributed by atoms with van der Waals surface area (Å²) >= 11 is 5.89. The van der Waals surface area contributed by atoms with E-state index in [1.807, 2.05) is 13.0 Å². The van der Waals surface area contributed by atoms with Crippen molar-refractivity contribution in [2.24, 2.45) is 0 Å². The van der Waals surface area contributed by atoms with Crippen LogP contribution in [0.15, 0.2) is 36.4 Å². The smallest absolute Gasteiger partial charge is 0.165 e. The van der Waals surface area contributed by atoms with E-state index in [0.717, 1.165) is 11.3 Å². The van der Waals surface area contributed by atoms with Gasteiger partial charge in [-0.3, -0.25) is 0 Å². The van der Waals surface area contributed by atoms with E-state index >= 15 is 0 Å². The van der Waals surface area contributed by atoms with Gasteiger partial charge in [-0.1, -0.05) is 17.7 Å². The zero-order valence-electron chi connectivity index (χ0n) is 11.7. The van der Waals surface area contributed by atoms with Crippen LogP contribution in [-0.4, -0.2) is 7.11 Å². The lowest BCUT2D eigenvalue weighted by Crippen LogP contribution is -2.07. The highest BCUT2D eigenvalue weighted by Gasteiger charge is 2.10. The van der Waals surface area contributed by atoms with E-state index in [-0.39, 0.29) is 11.8 Å². The molecule has 2 rings (SSSR count). The number of hydrogen-bond donors (Lipinski definition) is 1. The molecule has 0 saturated heterocycles. The van der Waals surface area contributed by atoms with Crippen LogP contribution in [0.1, 0.15) is 24.1 Å². The molecule has 1 unspecified atom stereocenters. The minimum atomic E-state index is -0.405. The molecule has 0 amide bonds. The third kappa shape index (κ3) is 3.45. The van der Waals surface area contributed by atoms with E-state index in [4.69, 9.17) is 21.6 Å². The van der Waals surface area contributed by atoms with Crippen LogP contribution in [0.3, 0.4) is 0 Å². The molecular weight excluding hydrogens is 291 g/mol. The van der Waals surface area contributed by atoms with Crippen LogP contribution < -0.4 is 10.1 Å². The first-order valence-corrected chi connectivity index (χ1v) is 6.72. The second-order valence-corrected chi connectivity index (χ2v) is 4.97. The van der Waals surface area contributed by atoms with Crippen LogP contribution in [0.5, 0.6) is 5.75 Å². The predicted molar refractivity (Wildman–Crippen MR) is 81.2 cm³/mol. The zero-order valence-corrected chi connectivity index (χ0v) is 12.4. The molecule has 21 heavy (non-hydrogen) atoms. The van der Waals surface area contributed by atoms with Crippen LogP contribution in [0.25, 0.3) is 0 Å². The lowest BCUT2D eigenvalue weighted by molar-refractivity contribution is 0.386. The van der Waals surface area contributed by atoms with Gasteiger partial charge in [-0.15, -0.1) is 0 Å². The number of benzene rings is 2. The SMILES string of the molecule is COc1ccc(C(C)Nc2ccc(Cl)c(C#N)c2)cc1F. The average molecular weight is 305 g/mol. The van der Waals surface area contributed by atoms with Crippen LogP contribution in [0.2, 0.25) is 5.02 Å². The van der Waals surface area contributed by atoms with Gasteiger partial charge in [0.1, 0.15) is 6.07 Å². The minimum Gasteiger partial charge on any atom is -0.494 e. The Labute approximate surface area is 127 Å². The molecule has 0 saturated carbocycles. The van der Waals surface area contributed by atoms with Gasteiger partial charge < -0.3 is 10.1 Å². The van der Waals surface area contributed by atoms with E-state index in [0.29, 0.717) is 10.6 Å². The molecule has 0 aromatic heterocycles. The second kappa shape index (κ2) is 6.47. The summed E-state index contributed by atoms with van der Waals surface area (Å²) < 4.78 is 18.6. The Morgan fingerprint density at radius 2 is 2.05 bits per heavy atom. The molecule has 0 aliphatic carbocycles. The van der Waals surface area contributed by atoms with Crippen molar-refractivity contribution >= 4 is 17.3 Å². The summed E-state index contributed by atoms with van der Waals surface area (Å²) in [5.74, 6) is -0.193. The molecule has 5 heteroatoms. The van der Waals surface area contributed by atoms with Crippen molar-refractivity contribution < 1.29 is 9.13 Å². The van der Waals surface area contributed by atoms with Crippen LogP contribution >= 0.6 is 11.6 Å². The number of halogens is 2. The Kier molecular flexibility index (Phi) is 4.66. The number of methoxy groups -OCH3 is 1. The van der Waals surface area contributed by atoms with Crippen molar-refractivity contribution in [3.8, 4) is 11.8 Å². The first kappa shape index (κ1) is 15.1. The molecule has 0 heterocycles. The number of nitrogens with zero attached hydrogens (tertiary/aromatic N) is 1. The lowest BCUT2D eigenvalue weighted by Gasteiger charge is -2.17. The Hall–Kier alpha value is -2.25. The molecule has 0 fully saturated rings. The normalized spacial score (nSPS) is 11.6. The summed E-state index contributed by atoms with van der Waals surface area (Å²) in [6.45, 7) is 1.90. The highest BCUT2D eigenvalue weighted by molar-refractivity contribution is 6.31. The maximum atomic E-state index is 13.7. The number of nitrogens with one attached hydrogen (secondary N) is 1. The quantitative estimate of drug-likeness (QED) is 0.902. The standard InChI is InChI=1S/C16H14ClFN2O/c1-10(11-3-6-16(21-2)15(18)8-11)20-13-4-5-14(17)12(7-13)9-19/h3-8,10,20H,1-2H3. The monoisotopic (exact) mass is 304 g/mol. The third-order valence-corrected chi connectivity index (χ3v) is 3.48. The minimum absolute atomic E-state index is 0.127. The first-order valence-electron chi connectivity index (χ1n) is 6.34. The van der Waals surface area contributed by atoms with Crippen molar-refractivity contribution in [1.82, 2.24) is 0 Å². The Bertz CT molecular complexity index is 697. The summed E-state index contributed by atoms with van der Waals surface area (Å²) in [5.41, 5.74) is 1.93. The molecule has 0 bridgehead atoms. The van der Waals surface area contributed by atoms with Crippen molar-refractivity contribution in [2.45, 2.75) is 13.0 Å². The fraction of sp³-hybridized carbons (Fsp3) is 0.188. The highest BCUT2D eigenvalue weighted by Crippen LogP contribution is 2.26. The number of ether oxygens (including phenoxy) is 1. The Morgan fingerprint density at radius 1 is 1.29 bits per heavy atom. The number of hydrogen-bond acceptors (Lipinski definition) is 3. The maximum Gasteiger partial charge on any atom is 0.165 e. The van der Waals surface area contributed by atoms with E-state index in [1.54, 1.807) is 30.3 Å². The number of anilines is 1. The summed E-state index contributed by atoms with van der Waals surface area (Å²) in [6.07, 6.45) is 0. The summed E-state index contributed by atoms with van der Waals surface area (Å²) in [7, 11) is 1.43. The molecular formula is C16H14ClFN2O. The maximum absolute atomic E-state index is 13.7. The summed E-state index contributed by atoms with van der Waals surface area (Å²) in [4.78, 5) is 0. The molecule has 2 aromatic carbocycles. The number of rotatable bonds is 4. The molecule has 1 atom stereocenters. The zero-order chi connectivity index (χ0) is 15.4. The molecule has 0 aliphatic rings. The fourth-order valence-corrected chi connectivity index (χ4v) is 2.15. The topological polar surface area (TPSA) is 45.0 Å². The van der Waals surface area contributed by atoms with Gasteiger partial charge in [0.2, 0.25) is 0 Å². The van der Waals surface area contributed by atoms with Crippen molar-refractivity contribution in [3.05, 3.63) is 58.4 Å². The van der Waals surface area contributed by atoms with Gasteiger partial charge in [0.05, 0.1) is 17.7 Å². The summed E-state index contributed by atoms with van der Waals surface area (Å²) in [6, 6.07) is 11.8. The molecule has 0 radical (unpaired) electrons. The molecule has 3 nitrogen and oxygen atoms in total. The van der Waals surface area contributed by atoms with E-state index < -0.39 is 5.82 Å². The van der Waals surface area contributed by atoms with Crippen LogP contribution in [0.4, 0.5) is 10.1 Å². The van der Waals surface area contributed by atoms with Gasteiger partial charge in [0, 0.05) is 11.7 Å². The van der Waals surface area contributed by atoms with Gasteiger partial charge in [-0.05, 0) is 42.8 Å². The predicted octanol–water partition coefficient (Wildman–Crippen LogP) is 4.53.